The van der Waals surface area contributed by atoms with Gasteiger partial charge in [0.05, 0.1) is 51.5 Å². The van der Waals surface area contributed by atoms with Crippen molar-refractivity contribution < 1.29 is 49.3 Å². The zero-order valence-electron chi connectivity index (χ0n) is 43.9. The number of esters is 2. The number of quaternary nitrogens is 2. The molecule has 6 rings (SSSR count). The Hall–Kier alpha value is -5.10. The van der Waals surface area contributed by atoms with E-state index in [1.165, 1.54) is 29.7 Å². The van der Waals surface area contributed by atoms with Gasteiger partial charge in [-0.15, -0.1) is 0 Å². The van der Waals surface area contributed by atoms with Crippen LogP contribution in [0.1, 0.15) is 98.4 Å². The molecule has 4 aromatic carbocycles. The molecule has 0 atom stereocenters. The molecular formula is C58H70Cl4N4O6Zn. The number of methoxy groups -OCH3 is 2. The molecule has 10 nitrogen and oxygen atoms in total. The molecule has 73 heavy (non-hydrogen) atoms. The van der Waals surface area contributed by atoms with Crippen molar-refractivity contribution in [2.24, 2.45) is 0 Å². The van der Waals surface area contributed by atoms with Crippen LogP contribution in [0, 0.1) is 0 Å². The van der Waals surface area contributed by atoms with Gasteiger partial charge in [-0.1, -0.05) is 48.5 Å². The maximum atomic E-state index is 13.4. The molecule has 2 aliphatic rings. The number of anilines is 1. The van der Waals surface area contributed by atoms with Gasteiger partial charge in [-0.25, -0.2) is 9.59 Å². The van der Waals surface area contributed by atoms with Crippen molar-refractivity contribution in [3.8, 4) is 0 Å². The molecule has 0 saturated carbocycles. The van der Waals surface area contributed by atoms with Gasteiger partial charge in [-0.05, 0) is 150 Å². The third kappa shape index (κ3) is 16.4. The Kier molecular flexibility index (Phi) is 24.6. The molecule has 15 heteroatoms. The predicted molar refractivity (Wildman–Crippen MR) is 299 cm³/mol. The van der Waals surface area contributed by atoms with E-state index in [-0.39, 0.29) is 11.6 Å². The zero-order chi connectivity index (χ0) is 53.8. The number of likely N-dealkylation sites (N-methyl/N-ethyl adjacent to an activating group) is 2. The minimum absolute atomic E-state index is 0.0561. The SMILES string of the molecule is CCN(CC)C1=CC(=O)/C(=C(\c2ccc([NH+](CC)CC)cc2)c2ccccc2C(=O)OC)C=C1.CCN(CC)c1ccc(/C(=C2/C=CC([NH+](CC)CC)=CC2=O)c2ccccc2C(=O)OC)cc1.[Cl][Zn-2]([Cl])([Cl])[Cl]. The fourth-order valence-corrected chi connectivity index (χ4v) is 8.96. The average Bonchev–Trinajstić information content (AvgIpc) is 3.39. The average molecular weight is 1130 g/mol. The second-order valence-corrected chi connectivity index (χ2v) is 44.6. The first-order valence-corrected chi connectivity index (χ1v) is 40.8. The summed E-state index contributed by atoms with van der Waals surface area (Å²) in [6, 6.07) is 31.1. The van der Waals surface area contributed by atoms with Gasteiger partial charge in [-0.3, -0.25) is 9.59 Å². The van der Waals surface area contributed by atoms with Gasteiger partial charge in [0.2, 0.25) is 0 Å². The molecule has 2 N–H and O–H groups in total. The fourth-order valence-electron chi connectivity index (χ4n) is 8.96. The molecule has 0 bridgehead atoms. The number of rotatable bonds is 18. The molecule has 0 saturated heterocycles. The van der Waals surface area contributed by atoms with Crippen molar-refractivity contribution in [1.29, 1.82) is 0 Å². The van der Waals surface area contributed by atoms with E-state index in [9.17, 15) is 19.2 Å². The first-order valence-electron chi connectivity index (χ1n) is 25.2. The van der Waals surface area contributed by atoms with Crippen LogP contribution in [0.5, 0.6) is 0 Å². The summed E-state index contributed by atoms with van der Waals surface area (Å²) in [6.45, 7) is 24.2. The molecule has 0 heterocycles. The van der Waals surface area contributed by atoms with Crippen molar-refractivity contribution in [2.45, 2.75) is 55.4 Å². The number of nitrogens with zero attached hydrogens (tertiary/aromatic N) is 2. The molecule has 4 aromatic rings. The van der Waals surface area contributed by atoms with Crippen LogP contribution in [-0.2, 0) is 29.9 Å². The second-order valence-electron chi connectivity index (χ2n) is 16.9. The number of hydrogen-bond donors (Lipinski definition) is 2. The Morgan fingerprint density at radius 3 is 1.25 bits per heavy atom. The third-order valence-corrected chi connectivity index (χ3v) is 12.8. The number of halogens is 4. The van der Waals surface area contributed by atoms with E-state index in [1.54, 1.807) is 24.3 Å². The van der Waals surface area contributed by atoms with E-state index in [2.05, 4.69) is 89.5 Å². The van der Waals surface area contributed by atoms with E-state index in [0.717, 1.165) is 91.7 Å². The Morgan fingerprint density at radius 1 is 0.493 bits per heavy atom. The van der Waals surface area contributed by atoms with Gasteiger partial charge in [0.25, 0.3) is 0 Å². The molecule has 2 aliphatic carbocycles. The van der Waals surface area contributed by atoms with Gasteiger partial charge in [0.1, 0.15) is 11.4 Å². The Morgan fingerprint density at radius 2 is 0.877 bits per heavy atom. The van der Waals surface area contributed by atoms with E-state index in [0.29, 0.717) is 33.4 Å². The zero-order valence-corrected chi connectivity index (χ0v) is 49.9. The van der Waals surface area contributed by atoms with Crippen molar-refractivity contribution in [3.63, 3.8) is 0 Å². The van der Waals surface area contributed by atoms with Crippen LogP contribution in [0.15, 0.2) is 156 Å². The quantitative estimate of drug-likeness (QED) is 0.0577. The summed E-state index contributed by atoms with van der Waals surface area (Å²) < 4.78 is 10.1. The molecule has 0 amide bonds. The van der Waals surface area contributed by atoms with Gasteiger partial charge >= 0.3 is 61.5 Å². The van der Waals surface area contributed by atoms with E-state index < -0.39 is 22.8 Å². The summed E-state index contributed by atoms with van der Waals surface area (Å²) >= 11 is 0. The monoisotopic (exact) mass is 1120 g/mol. The number of hydrogen-bond acceptors (Lipinski definition) is 8. The van der Waals surface area contributed by atoms with E-state index in [4.69, 9.17) is 48.2 Å². The number of nitrogens with one attached hydrogen (secondary N) is 2. The number of allylic oxidation sites excluding steroid dienone is 8. The molecule has 0 spiro atoms. The van der Waals surface area contributed by atoms with Gasteiger partial charge in [-0.2, -0.15) is 0 Å². The third-order valence-electron chi connectivity index (χ3n) is 12.8. The molecule has 0 radical (unpaired) electrons. The topological polar surface area (TPSA) is 102 Å². The van der Waals surface area contributed by atoms with E-state index in [1.807, 2.05) is 85.0 Å². The number of ketones is 2. The van der Waals surface area contributed by atoms with Crippen LogP contribution in [0.2, 0.25) is 0 Å². The van der Waals surface area contributed by atoms with Crippen molar-refractivity contribution in [1.82, 2.24) is 4.90 Å². The summed E-state index contributed by atoms with van der Waals surface area (Å²) in [6.07, 6.45) is 11.2. The van der Waals surface area contributed by atoms with Gasteiger partial charge < -0.3 is 29.1 Å². The Labute approximate surface area is 452 Å². The van der Waals surface area contributed by atoms with Crippen LogP contribution in [0.4, 0.5) is 11.4 Å². The van der Waals surface area contributed by atoms with Crippen molar-refractivity contribution in [3.05, 3.63) is 189 Å². The summed E-state index contributed by atoms with van der Waals surface area (Å²) in [7, 11) is 19.6. The molecular weight excluding hydrogens is 1060 g/mol. The normalized spacial score (nSPS) is 14.6. The predicted octanol–water partition coefficient (Wildman–Crippen LogP) is 11.0. The minimum atomic E-state index is -3.36. The van der Waals surface area contributed by atoms with Crippen LogP contribution < -0.4 is 14.7 Å². The first-order chi connectivity index (χ1) is 35.0. The maximum absolute atomic E-state index is 13.4. The molecule has 0 aromatic heterocycles. The van der Waals surface area contributed by atoms with E-state index >= 15 is 0 Å². The van der Waals surface area contributed by atoms with Crippen LogP contribution in [-0.4, -0.2) is 95.0 Å². The summed E-state index contributed by atoms with van der Waals surface area (Å²) in [5.41, 5.74) is 10.8. The summed E-state index contributed by atoms with van der Waals surface area (Å²) in [4.78, 5) is 59.1. The summed E-state index contributed by atoms with van der Waals surface area (Å²) in [5, 5.41) is 0. The molecule has 0 unspecified atom stereocenters. The van der Waals surface area contributed by atoms with Crippen LogP contribution in [0.25, 0.3) is 11.1 Å². The van der Waals surface area contributed by atoms with Crippen LogP contribution >= 0.6 is 38.8 Å². The standard InChI is InChI=1S/2C29H34N2O3.4ClH.Zn/c2*1-6-30(7-2)22-16-14-21(15-17-22)28(24-12-10-11-13-25(24)29(33)34-5)26-19-18-23(20-27(26)32)31(8-3)9-4;;;;;/h2*10-20H,6-9H2,1-5H3;4*1H;/q;;;;;;+2/p-2/b2*28-26+;;;;;. The number of carbonyl (C=O) groups excluding carboxylic acids is 4. The Bertz CT molecular complexity index is 2540. The number of carbonyl (C=O) groups is 4. The number of ether oxygens (including phenoxy) is 2. The van der Waals surface area contributed by atoms with Gasteiger partial charge in [0.15, 0.2) is 11.6 Å². The fraction of sp³-hybridized carbons (Fsp3) is 0.310. The molecule has 0 aliphatic heterocycles. The number of benzene rings is 4. The first kappa shape index (κ1) is 60.5. The molecule has 0 fully saturated rings. The molecule has 388 valence electrons. The van der Waals surface area contributed by atoms with Crippen molar-refractivity contribution in [2.75, 3.05) is 71.5 Å². The van der Waals surface area contributed by atoms with Gasteiger partial charge in [0, 0.05) is 72.0 Å². The summed E-state index contributed by atoms with van der Waals surface area (Å²) in [5.74, 6) is -0.981. The van der Waals surface area contributed by atoms with Crippen molar-refractivity contribution >= 4 is 84.8 Å². The second kappa shape index (κ2) is 29.7. The Balaban J connectivity index is 0.000000290. The van der Waals surface area contributed by atoms with Crippen LogP contribution in [0.3, 0.4) is 0 Å².